The SMILES string of the molecule is CCC(C)[C@H](NC(=O)[C@H](CCC(=O)O)NC(=O)[C@H](CCC(=O)O)NC(=O)[C@H](Cc1ccccc1)NC)C(=O)N1CCCC1C(=O)N[C@@H](CCC(=O)O)C(=O)N[C@@H](CCC(=O)O)C(=O)N[C@@H](Cc1ccc(O)cc1)C(=O)N[C@@H](CC(C)C)C(=O)N[C@@H](CCC(N)=O)C(N)=O. The van der Waals surface area contributed by atoms with E-state index < -0.39 is 207 Å². The zero-order valence-electron chi connectivity index (χ0n) is 52.6. The number of benzene rings is 2. The van der Waals surface area contributed by atoms with Gasteiger partial charge in [0.1, 0.15) is 60.1 Å². The average molecular weight is 1310 g/mol. The summed E-state index contributed by atoms with van der Waals surface area (Å²) < 4.78 is 0. The smallest absolute Gasteiger partial charge is 0.303 e. The van der Waals surface area contributed by atoms with E-state index in [0.29, 0.717) is 5.56 Å². The normalized spacial score (nSPS) is 15.9. The molecule has 2 unspecified atom stereocenters. The molecule has 1 saturated heterocycles. The summed E-state index contributed by atoms with van der Waals surface area (Å²) in [6.07, 6.45) is -5.58. The zero-order chi connectivity index (χ0) is 69.6. The van der Waals surface area contributed by atoms with Gasteiger partial charge < -0.3 is 89.8 Å². The Labute approximate surface area is 536 Å². The van der Waals surface area contributed by atoms with E-state index in [1.165, 1.54) is 31.3 Å². The number of carboxylic acid groups (broad SMARTS) is 4. The number of nitrogens with two attached hydrogens (primary N) is 2. The number of carbonyl (C=O) groups is 15. The Morgan fingerprint density at radius 3 is 1.32 bits per heavy atom. The van der Waals surface area contributed by atoms with Crippen LogP contribution in [0.15, 0.2) is 54.6 Å². The molecule has 32 heteroatoms. The number of hydrogen-bond acceptors (Lipinski definition) is 17. The summed E-state index contributed by atoms with van der Waals surface area (Å²) in [6.45, 7) is 6.57. The highest BCUT2D eigenvalue weighted by atomic mass is 16.4. The van der Waals surface area contributed by atoms with Crippen LogP contribution in [-0.2, 0) is 84.8 Å². The Hall–Kier alpha value is -9.75. The molecule has 0 bridgehead atoms. The number of phenols is 1. The fourth-order valence-corrected chi connectivity index (χ4v) is 9.99. The van der Waals surface area contributed by atoms with Gasteiger partial charge in [-0.25, -0.2) is 0 Å². The summed E-state index contributed by atoms with van der Waals surface area (Å²) in [6, 6.07) is -0.881. The molecule has 0 aliphatic carbocycles. The van der Waals surface area contributed by atoms with Crippen molar-refractivity contribution in [2.45, 2.75) is 191 Å². The molecular formula is C61H88N12O20. The molecule has 1 aliphatic rings. The summed E-state index contributed by atoms with van der Waals surface area (Å²) in [5.41, 5.74) is 11.8. The number of rotatable bonds is 42. The van der Waals surface area contributed by atoms with E-state index in [-0.39, 0.29) is 69.6 Å². The number of aliphatic carboxylic acids is 4. The minimum Gasteiger partial charge on any atom is -0.508 e. The first-order valence-corrected chi connectivity index (χ1v) is 30.5. The van der Waals surface area contributed by atoms with Gasteiger partial charge in [-0.05, 0) is 99.9 Å². The maximum atomic E-state index is 14.7. The molecule has 3 rings (SSSR count). The number of nitrogens with zero attached hydrogens (tertiary/aromatic N) is 1. The first-order valence-electron chi connectivity index (χ1n) is 30.5. The number of nitrogens with one attached hydrogen (secondary N) is 9. The molecule has 11 amide bonds. The summed E-state index contributed by atoms with van der Waals surface area (Å²) >= 11 is 0. The topological polar surface area (TPSA) is 521 Å². The Morgan fingerprint density at radius 1 is 0.495 bits per heavy atom. The van der Waals surface area contributed by atoms with Crippen LogP contribution in [0.2, 0.25) is 0 Å². The number of primary amides is 2. The fourth-order valence-electron chi connectivity index (χ4n) is 9.99. The Balaban J connectivity index is 1.94. The molecule has 512 valence electrons. The number of hydrogen-bond donors (Lipinski definition) is 16. The lowest BCUT2D eigenvalue weighted by Gasteiger charge is -2.33. The maximum absolute atomic E-state index is 14.7. The predicted octanol–water partition coefficient (Wildman–Crippen LogP) is -2.06. The number of phenolic OH excluding ortho intramolecular Hbond substituents is 1. The Bertz CT molecular complexity index is 2970. The third kappa shape index (κ3) is 27.3. The van der Waals surface area contributed by atoms with Crippen molar-refractivity contribution in [3.05, 3.63) is 65.7 Å². The number of likely N-dealkylation sites (tertiary alicyclic amines) is 1. The van der Waals surface area contributed by atoms with Crippen LogP contribution in [0.5, 0.6) is 5.75 Å². The second-order valence-electron chi connectivity index (χ2n) is 23.2. The molecule has 1 aliphatic heterocycles. The lowest BCUT2D eigenvalue weighted by Crippen LogP contribution is -2.61. The number of amides is 11. The standard InChI is InChI=1S/C61H88N12O20/c1-6-33(4)51(72-56(88)41(22-27-50(82)83)67-53(85)38(19-24-47(76)77)68-57(89)42(64-5)30-34-11-8-7-9-12-34)61(93)73-28-10-13-45(73)60(92)69-40(21-26-49(80)81)54(86)66-39(20-25-48(78)79)55(87)71-44(31-35-14-16-36(74)17-15-35)59(91)70-43(29-32(2)3)58(90)65-37(52(63)84)18-23-46(62)75/h7-9,11-12,14-17,32-33,37-45,51,64,74H,6,10,13,18-31H2,1-5H3,(H2,62,75)(H2,63,84)(H,65,90)(H,66,86)(H,67,85)(H,68,89)(H,69,92)(H,70,91)(H,71,87)(H,72,88)(H,76,77)(H,78,79)(H,80,81)(H,82,83)/t33?,37-,38-,39-,40-,41-,42-,43-,44-,45?,51-/m0/s1. The van der Waals surface area contributed by atoms with Crippen molar-refractivity contribution in [3.63, 3.8) is 0 Å². The van der Waals surface area contributed by atoms with Gasteiger partial charge in [0.25, 0.3) is 0 Å². The highest BCUT2D eigenvalue weighted by molar-refractivity contribution is 5.99. The van der Waals surface area contributed by atoms with E-state index >= 15 is 0 Å². The summed E-state index contributed by atoms with van der Waals surface area (Å²) in [5.74, 6) is -17.5. The van der Waals surface area contributed by atoms with Gasteiger partial charge in [0.05, 0.1) is 6.04 Å². The van der Waals surface area contributed by atoms with Crippen molar-refractivity contribution in [2.75, 3.05) is 13.6 Å². The van der Waals surface area contributed by atoms with Crippen LogP contribution in [0, 0.1) is 11.8 Å². The number of aromatic hydroxyl groups is 1. The van der Waals surface area contributed by atoms with Gasteiger partial charge in [0.15, 0.2) is 0 Å². The van der Waals surface area contributed by atoms with Crippen molar-refractivity contribution < 1.29 is 97.5 Å². The van der Waals surface area contributed by atoms with Crippen molar-refractivity contribution >= 4 is 88.9 Å². The predicted molar refractivity (Wildman–Crippen MR) is 329 cm³/mol. The Morgan fingerprint density at radius 2 is 0.882 bits per heavy atom. The summed E-state index contributed by atoms with van der Waals surface area (Å²) in [4.78, 5) is 200. The van der Waals surface area contributed by atoms with Gasteiger partial charge >= 0.3 is 23.9 Å². The highest BCUT2D eigenvalue weighted by Crippen LogP contribution is 2.23. The molecule has 0 spiro atoms. The fraction of sp³-hybridized carbons (Fsp3) is 0.557. The highest BCUT2D eigenvalue weighted by Gasteiger charge is 2.42. The van der Waals surface area contributed by atoms with Gasteiger partial charge in [-0.2, -0.15) is 0 Å². The number of likely N-dealkylation sites (N-methyl/N-ethyl adjacent to an activating group) is 1. The summed E-state index contributed by atoms with van der Waals surface area (Å²) in [7, 11) is 1.50. The monoisotopic (exact) mass is 1310 g/mol. The van der Waals surface area contributed by atoms with Crippen LogP contribution >= 0.6 is 0 Å². The largest absolute Gasteiger partial charge is 0.508 e. The third-order valence-corrected chi connectivity index (χ3v) is 15.4. The summed E-state index contributed by atoms with van der Waals surface area (Å²) in [5, 5.41) is 71.2. The van der Waals surface area contributed by atoms with Gasteiger partial charge in [-0.1, -0.05) is 76.6 Å². The molecule has 1 heterocycles. The molecule has 0 aromatic heterocycles. The molecule has 11 atom stereocenters. The molecule has 2 aromatic rings. The van der Waals surface area contributed by atoms with Gasteiger partial charge in [-0.15, -0.1) is 0 Å². The molecule has 0 radical (unpaired) electrons. The third-order valence-electron chi connectivity index (χ3n) is 15.4. The van der Waals surface area contributed by atoms with E-state index in [4.69, 9.17) is 11.5 Å². The average Bonchev–Trinajstić information content (AvgIpc) is 1.97. The molecule has 93 heavy (non-hydrogen) atoms. The first-order chi connectivity index (χ1) is 43.8. The molecule has 2 aromatic carbocycles. The van der Waals surface area contributed by atoms with Gasteiger partial charge in [0, 0.05) is 45.1 Å². The quantitative estimate of drug-likeness (QED) is 0.0340. The second-order valence-corrected chi connectivity index (χ2v) is 23.2. The van der Waals surface area contributed by atoms with Gasteiger partial charge in [0.2, 0.25) is 65.0 Å². The molecule has 32 nitrogen and oxygen atoms in total. The van der Waals surface area contributed by atoms with Crippen LogP contribution in [0.3, 0.4) is 0 Å². The minimum absolute atomic E-state index is 0.0403. The van der Waals surface area contributed by atoms with Gasteiger partial charge in [-0.3, -0.25) is 71.9 Å². The van der Waals surface area contributed by atoms with Crippen LogP contribution < -0.4 is 59.3 Å². The van der Waals surface area contributed by atoms with Crippen LogP contribution in [0.1, 0.15) is 129 Å². The van der Waals surface area contributed by atoms with Crippen molar-refractivity contribution in [1.82, 2.24) is 52.8 Å². The Kier molecular flexibility index (Phi) is 32.4. The van der Waals surface area contributed by atoms with E-state index in [9.17, 15) is 97.5 Å². The lowest BCUT2D eigenvalue weighted by molar-refractivity contribution is -0.144. The first kappa shape index (κ1) is 77.5. The number of carboxylic acids is 4. The van der Waals surface area contributed by atoms with Crippen molar-refractivity contribution in [1.29, 1.82) is 0 Å². The van der Waals surface area contributed by atoms with Crippen molar-refractivity contribution in [3.8, 4) is 5.75 Å². The minimum atomic E-state index is -1.83. The van der Waals surface area contributed by atoms with Crippen molar-refractivity contribution in [2.24, 2.45) is 23.3 Å². The van der Waals surface area contributed by atoms with Crippen LogP contribution in [0.25, 0.3) is 0 Å². The molecule has 18 N–H and O–H groups in total. The molecule has 0 saturated carbocycles. The van der Waals surface area contributed by atoms with E-state index in [1.54, 1.807) is 58.0 Å². The zero-order valence-corrected chi connectivity index (χ0v) is 52.6. The maximum Gasteiger partial charge on any atom is 0.303 e. The lowest BCUT2D eigenvalue weighted by atomic mass is 9.96. The second kappa shape index (κ2) is 38.8. The molecule has 1 fully saturated rings. The number of carbonyl (C=O) groups excluding carboxylic acids is 11. The van der Waals surface area contributed by atoms with E-state index in [2.05, 4.69) is 47.9 Å². The molecular weight excluding hydrogens is 1220 g/mol. The van der Waals surface area contributed by atoms with E-state index in [1.807, 2.05) is 0 Å². The van der Waals surface area contributed by atoms with E-state index in [0.717, 1.165) is 10.5 Å². The van der Waals surface area contributed by atoms with Crippen LogP contribution in [-0.4, -0.2) is 193 Å². The van der Waals surface area contributed by atoms with Crippen LogP contribution in [0.4, 0.5) is 0 Å².